The third kappa shape index (κ3) is 5.60. The Kier molecular flexibility index (Phi) is 7.55. The number of nitrogens with one attached hydrogen (secondary N) is 2. The van der Waals surface area contributed by atoms with E-state index in [9.17, 15) is 14.7 Å². The van der Waals surface area contributed by atoms with E-state index in [-0.39, 0.29) is 24.5 Å². The average molecular weight is 550 g/mol. The molecule has 3 N–H and O–H groups in total. The number of amides is 2. The van der Waals surface area contributed by atoms with Crippen molar-refractivity contribution >= 4 is 11.8 Å². The minimum absolute atomic E-state index is 0.107. The van der Waals surface area contributed by atoms with E-state index < -0.39 is 18.2 Å². The summed E-state index contributed by atoms with van der Waals surface area (Å²) in [6.07, 6.45) is 7.70. The van der Waals surface area contributed by atoms with Gasteiger partial charge in [0.25, 0.3) is 5.91 Å². The number of H-pyrrole nitrogens is 1. The fraction of sp³-hybridized carbons (Fsp3) is 0.500. The second kappa shape index (κ2) is 11.4. The van der Waals surface area contributed by atoms with Gasteiger partial charge in [0.15, 0.2) is 0 Å². The van der Waals surface area contributed by atoms with Crippen molar-refractivity contribution in [1.82, 2.24) is 34.9 Å². The molecule has 5 heterocycles. The van der Waals surface area contributed by atoms with E-state index in [2.05, 4.69) is 25.3 Å². The van der Waals surface area contributed by atoms with Crippen LogP contribution in [-0.4, -0.2) is 104 Å². The van der Waals surface area contributed by atoms with Crippen LogP contribution in [0.2, 0.25) is 0 Å². The number of aromatic amines is 1. The van der Waals surface area contributed by atoms with Crippen LogP contribution in [0.15, 0.2) is 43.1 Å². The number of carbonyl (C=O) groups excluding carboxylic acids is 2. The Bertz CT molecular complexity index is 1340. The molecule has 0 unspecified atom stereocenters. The lowest BCUT2D eigenvalue weighted by Gasteiger charge is -2.41. The van der Waals surface area contributed by atoms with E-state index in [4.69, 9.17) is 9.47 Å². The van der Waals surface area contributed by atoms with Gasteiger partial charge in [-0.05, 0) is 30.5 Å². The molecule has 2 fully saturated rings. The molecule has 6 rings (SSSR count). The zero-order valence-corrected chi connectivity index (χ0v) is 22.5. The minimum atomic E-state index is -0.727. The van der Waals surface area contributed by atoms with Gasteiger partial charge in [-0.3, -0.25) is 19.2 Å². The van der Waals surface area contributed by atoms with Gasteiger partial charge in [-0.2, -0.15) is 5.10 Å². The van der Waals surface area contributed by atoms with Crippen LogP contribution in [0.5, 0.6) is 5.75 Å². The zero-order valence-electron chi connectivity index (χ0n) is 22.5. The molecule has 2 aromatic heterocycles. The maximum absolute atomic E-state index is 14.1. The van der Waals surface area contributed by atoms with Crippen molar-refractivity contribution in [2.45, 2.75) is 50.2 Å². The molecule has 3 aliphatic heterocycles. The smallest absolute Gasteiger partial charge is 0.258 e. The molecule has 4 atom stereocenters. The summed E-state index contributed by atoms with van der Waals surface area (Å²) in [7, 11) is 1.86. The standard InChI is InChI=1S/C28H35N7O5/c1-33-14-19(11-32-33)18-2-4-22-25(10-18)39-9-6-21-3-5-24(36)26(40-21)13-30-27(37)23-16-34(7-8-35(23)28(22)38)15-20-12-29-17-31-20/h2,4,10-12,14,17,21,23-24,26,36H,3,5-9,13,15-16H2,1H3,(H,29,31)(H,30,37)/t21-,23-,24-,26+/m0/s1. The number of aliphatic hydroxyl groups is 1. The highest BCUT2D eigenvalue weighted by Gasteiger charge is 2.38. The molecular formula is C28H35N7O5. The van der Waals surface area contributed by atoms with Crippen LogP contribution in [0.4, 0.5) is 0 Å². The topological polar surface area (TPSA) is 138 Å². The van der Waals surface area contributed by atoms with Crippen molar-refractivity contribution in [1.29, 1.82) is 0 Å². The fourth-order valence-electron chi connectivity index (χ4n) is 5.75. The molecule has 12 heteroatoms. The summed E-state index contributed by atoms with van der Waals surface area (Å²) in [6, 6.07) is 4.81. The summed E-state index contributed by atoms with van der Waals surface area (Å²) in [5, 5.41) is 17.8. The summed E-state index contributed by atoms with van der Waals surface area (Å²) in [6.45, 7) is 2.47. The molecule has 2 bridgehead atoms. The Balaban J connectivity index is 1.32. The van der Waals surface area contributed by atoms with E-state index in [1.807, 2.05) is 25.4 Å². The second-order valence-corrected chi connectivity index (χ2v) is 10.8. The highest BCUT2D eigenvalue weighted by molar-refractivity contribution is 6.00. The molecule has 0 spiro atoms. The number of aryl methyl sites for hydroxylation is 1. The van der Waals surface area contributed by atoms with Crippen LogP contribution in [0.25, 0.3) is 11.1 Å². The Labute approximate surface area is 232 Å². The maximum Gasteiger partial charge on any atom is 0.258 e. The molecule has 40 heavy (non-hydrogen) atoms. The fourth-order valence-corrected chi connectivity index (χ4v) is 5.75. The number of hydrogen-bond acceptors (Lipinski definition) is 8. The number of aliphatic hydroxyl groups excluding tert-OH is 1. The van der Waals surface area contributed by atoms with Crippen molar-refractivity contribution in [3.63, 3.8) is 0 Å². The Morgan fingerprint density at radius 1 is 1.12 bits per heavy atom. The molecule has 12 nitrogen and oxygen atoms in total. The minimum Gasteiger partial charge on any atom is -0.493 e. The van der Waals surface area contributed by atoms with Gasteiger partial charge in [0.2, 0.25) is 5.91 Å². The molecule has 0 radical (unpaired) electrons. The van der Waals surface area contributed by atoms with Crippen molar-refractivity contribution in [2.75, 3.05) is 32.8 Å². The second-order valence-electron chi connectivity index (χ2n) is 10.8. The molecule has 3 aliphatic rings. The lowest BCUT2D eigenvalue weighted by molar-refractivity contribution is -0.135. The number of imidazole rings is 1. The highest BCUT2D eigenvalue weighted by Crippen LogP contribution is 2.30. The summed E-state index contributed by atoms with van der Waals surface area (Å²) < 4.78 is 14.1. The number of ether oxygens (including phenoxy) is 2. The molecule has 1 aromatic carbocycles. The van der Waals surface area contributed by atoms with Gasteiger partial charge >= 0.3 is 0 Å². The van der Waals surface area contributed by atoms with Crippen LogP contribution in [-0.2, 0) is 23.1 Å². The first kappa shape index (κ1) is 26.5. The largest absolute Gasteiger partial charge is 0.493 e. The zero-order chi connectivity index (χ0) is 27.6. The van der Waals surface area contributed by atoms with Crippen molar-refractivity contribution < 1.29 is 24.2 Å². The van der Waals surface area contributed by atoms with Gasteiger partial charge in [-0.1, -0.05) is 6.07 Å². The number of carbonyl (C=O) groups is 2. The lowest BCUT2D eigenvalue weighted by Crippen LogP contribution is -2.61. The van der Waals surface area contributed by atoms with Gasteiger partial charge in [-0.25, -0.2) is 4.98 Å². The van der Waals surface area contributed by atoms with Crippen molar-refractivity contribution in [3.05, 3.63) is 54.4 Å². The Morgan fingerprint density at radius 3 is 2.83 bits per heavy atom. The van der Waals surface area contributed by atoms with Crippen LogP contribution < -0.4 is 10.1 Å². The number of piperazine rings is 1. The number of benzene rings is 1. The molecular weight excluding hydrogens is 514 g/mol. The van der Waals surface area contributed by atoms with Gasteiger partial charge in [-0.15, -0.1) is 0 Å². The number of nitrogens with zero attached hydrogens (tertiary/aromatic N) is 5. The summed E-state index contributed by atoms with van der Waals surface area (Å²) in [5.74, 6) is -0.0513. The summed E-state index contributed by atoms with van der Waals surface area (Å²) in [4.78, 5) is 38.6. The van der Waals surface area contributed by atoms with Gasteiger partial charge in [0.1, 0.15) is 17.9 Å². The predicted molar refractivity (Wildman–Crippen MR) is 144 cm³/mol. The Morgan fingerprint density at radius 2 is 2.02 bits per heavy atom. The quantitative estimate of drug-likeness (QED) is 0.439. The van der Waals surface area contributed by atoms with Gasteiger partial charge in [0.05, 0.1) is 36.9 Å². The monoisotopic (exact) mass is 549 g/mol. The van der Waals surface area contributed by atoms with E-state index in [0.717, 1.165) is 16.8 Å². The highest BCUT2D eigenvalue weighted by atomic mass is 16.5. The van der Waals surface area contributed by atoms with E-state index >= 15 is 0 Å². The van der Waals surface area contributed by atoms with Crippen molar-refractivity contribution in [2.24, 2.45) is 7.05 Å². The maximum atomic E-state index is 14.1. The first-order chi connectivity index (χ1) is 19.4. The van der Waals surface area contributed by atoms with E-state index in [0.29, 0.717) is 63.4 Å². The first-order valence-corrected chi connectivity index (χ1v) is 13.8. The Hall–Kier alpha value is -3.74. The molecule has 3 aromatic rings. The van der Waals surface area contributed by atoms with Gasteiger partial charge in [0, 0.05) is 69.8 Å². The molecule has 0 aliphatic carbocycles. The number of rotatable bonds is 3. The molecule has 2 amide bonds. The van der Waals surface area contributed by atoms with Crippen LogP contribution in [0.1, 0.15) is 35.3 Å². The average Bonchev–Trinajstić information content (AvgIpc) is 3.64. The predicted octanol–water partition coefficient (Wildman–Crippen LogP) is 0.944. The number of fused-ring (bicyclic) bond motifs is 4. The van der Waals surface area contributed by atoms with Gasteiger partial charge < -0.3 is 29.8 Å². The third-order valence-corrected chi connectivity index (χ3v) is 7.98. The molecule has 2 saturated heterocycles. The van der Waals surface area contributed by atoms with E-state index in [1.165, 1.54) is 0 Å². The van der Waals surface area contributed by atoms with Crippen LogP contribution in [0, 0.1) is 0 Å². The number of hydrogen-bond donors (Lipinski definition) is 3. The SMILES string of the molecule is Cn1cc(-c2ccc3c(c2)OCC[C@@H]2CC[C@H](O)[C@@H](CNC(=O)[C@@H]4CN(Cc5cnc[nH]5)CCN4C3=O)O2)cn1. The van der Waals surface area contributed by atoms with Crippen molar-refractivity contribution in [3.8, 4) is 16.9 Å². The molecule has 0 saturated carbocycles. The van der Waals surface area contributed by atoms with Crippen LogP contribution in [0.3, 0.4) is 0 Å². The third-order valence-electron chi connectivity index (χ3n) is 7.98. The molecule has 212 valence electrons. The first-order valence-electron chi connectivity index (χ1n) is 13.8. The lowest BCUT2D eigenvalue weighted by atomic mass is 9.99. The summed E-state index contributed by atoms with van der Waals surface area (Å²) >= 11 is 0. The van der Waals surface area contributed by atoms with Crippen LogP contribution >= 0.6 is 0 Å². The summed E-state index contributed by atoms with van der Waals surface area (Å²) in [5.41, 5.74) is 3.16. The van der Waals surface area contributed by atoms with E-state index in [1.54, 1.807) is 34.4 Å². The normalized spacial score (nSPS) is 26.3. The number of aromatic nitrogens is 4.